The molecule has 7 heteroatoms. The number of benzene rings is 1. The maximum atomic E-state index is 12.4. The van der Waals surface area contributed by atoms with Crippen molar-refractivity contribution in [1.29, 1.82) is 0 Å². The van der Waals surface area contributed by atoms with E-state index in [1.165, 1.54) is 11.0 Å². The number of aryl methyl sites for hydroxylation is 1. The average Bonchev–Trinajstić information content (AvgIpc) is 3.24. The summed E-state index contributed by atoms with van der Waals surface area (Å²) in [6, 6.07) is 10.3. The lowest BCUT2D eigenvalue weighted by molar-refractivity contribution is -0.123. The molecular weight excluding hydrogens is 386 g/mol. The number of methoxy groups -OCH3 is 1. The quantitative estimate of drug-likeness (QED) is 0.490. The molecule has 0 radical (unpaired) electrons. The number of carbonyl (C=O) groups is 2. The normalized spacial score (nSPS) is 13.1. The van der Waals surface area contributed by atoms with E-state index >= 15 is 0 Å². The van der Waals surface area contributed by atoms with Crippen molar-refractivity contribution in [3.05, 3.63) is 58.8 Å². The largest absolute Gasteiger partial charge is 0.497 e. The maximum Gasteiger partial charge on any atom is 0.248 e. The number of carbonyl (C=O) groups excluding carboxylic acids is 2. The fourth-order valence-electron chi connectivity index (χ4n) is 2.76. The Labute approximate surface area is 176 Å². The highest BCUT2D eigenvalue weighted by atomic mass is 32.1. The standard InChI is InChI=1S/C22H29N3O3S/c1-3-5-16(25-22(27)20(23)13-12-19-6-4-15-29-19)9-14-21(26)24-17-7-10-18(28-2)11-8-17/h4,6-11,14-16,20H,3,5,12-13,23H2,1-2H3,(H,24,26)(H,25,27)/b14-9+/t16-,20-/m0/s1. The minimum absolute atomic E-state index is 0.194. The number of rotatable bonds is 11. The van der Waals surface area contributed by atoms with Crippen molar-refractivity contribution < 1.29 is 14.3 Å². The number of nitrogens with one attached hydrogen (secondary N) is 2. The van der Waals surface area contributed by atoms with E-state index in [0.717, 1.165) is 25.0 Å². The number of anilines is 1. The van der Waals surface area contributed by atoms with Gasteiger partial charge >= 0.3 is 0 Å². The topological polar surface area (TPSA) is 93.5 Å². The molecule has 0 fully saturated rings. The van der Waals surface area contributed by atoms with Gasteiger partial charge in [0.2, 0.25) is 11.8 Å². The highest BCUT2D eigenvalue weighted by molar-refractivity contribution is 7.09. The predicted octanol–water partition coefficient (Wildman–Crippen LogP) is 3.50. The lowest BCUT2D eigenvalue weighted by Crippen LogP contribution is -2.45. The lowest BCUT2D eigenvalue weighted by atomic mass is 10.1. The van der Waals surface area contributed by atoms with Gasteiger partial charge in [0.15, 0.2) is 0 Å². The molecule has 2 amide bonds. The molecule has 1 aromatic carbocycles. The van der Waals surface area contributed by atoms with E-state index in [0.29, 0.717) is 12.1 Å². The van der Waals surface area contributed by atoms with Gasteiger partial charge in [-0.15, -0.1) is 11.3 Å². The smallest absolute Gasteiger partial charge is 0.248 e. The summed E-state index contributed by atoms with van der Waals surface area (Å²) < 4.78 is 5.10. The zero-order valence-corrected chi connectivity index (χ0v) is 17.7. The molecular formula is C22H29N3O3S. The van der Waals surface area contributed by atoms with Gasteiger partial charge in [-0.2, -0.15) is 0 Å². The van der Waals surface area contributed by atoms with E-state index in [9.17, 15) is 9.59 Å². The molecule has 6 nitrogen and oxygen atoms in total. The van der Waals surface area contributed by atoms with Crippen LogP contribution in [0.25, 0.3) is 0 Å². The van der Waals surface area contributed by atoms with Crippen LogP contribution in [0.15, 0.2) is 53.9 Å². The summed E-state index contributed by atoms with van der Waals surface area (Å²) in [6.07, 6.45) is 6.14. The minimum Gasteiger partial charge on any atom is -0.497 e. The number of nitrogens with two attached hydrogens (primary N) is 1. The Kier molecular flexibility index (Phi) is 9.40. The summed E-state index contributed by atoms with van der Waals surface area (Å²) in [7, 11) is 1.59. The summed E-state index contributed by atoms with van der Waals surface area (Å²) in [4.78, 5) is 25.8. The second kappa shape index (κ2) is 12.0. The number of ether oxygens (including phenoxy) is 1. The van der Waals surface area contributed by atoms with Crippen molar-refractivity contribution in [1.82, 2.24) is 5.32 Å². The van der Waals surface area contributed by atoms with Crippen molar-refractivity contribution in [2.75, 3.05) is 12.4 Å². The molecule has 29 heavy (non-hydrogen) atoms. The highest BCUT2D eigenvalue weighted by Crippen LogP contribution is 2.15. The van der Waals surface area contributed by atoms with Gasteiger partial charge in [-0.3, -0.25) is 9.59 Å². The third-order valence-corrected chi connectivity index (χ3v) is 5.32. The fourth-order valence-corrected chi connectivity index (χ4v) is 3.49. The molecule has 0 aliphatic carbocycles. The van der Waals surface area contributed by atoms with Crippen molar-refractivity contribution in [2.24, 2.45) is 5.73 Å². The molecule has 0 aliphatic rings. The molecule has 1 heterocycles. The van der Waals surface area contributed by atoms with Crippen LogP contribution in [0, 0.1) is 0 Å². The van der Waals surface area contributed by atoms with Gasteiger partial charge < -0.3 is 21.1 Å². The zero-order valence-electron chi connectivity index (χ0n) is 16.9. The van der Waals surface area contributed by atoms with Gasteiger partial charge in [0.05, 0.1) is 13.2 Å². The van der Waals surface area contributed by atoms with Crippen molar-refractivity contribution in [3.63, 3.8) is 0 Å². The Hall–Kier alpha value is -2.64. The minimum atomic E-state index is -0.571. The first-order valence-electron chi connectivity index (χ1n) is 9.73. The summed E-state index contributed by atoms with van der Waals surface area (Å²) in [5.41, 5.74) is 6.71. The van der Waals surface area contributed by atoms with Crippen LogP contribution in [0.2, 0.25) is 0 Å². The Morgan fingerprint density at radius 1 is 1.21 bits per heavy atom. The van der Waals surface area contributed by atoms with Crippen LogP contribution in [0.3, 0.4) is 0 Å². The molecule has 0 aliphatic heterocycles. The monoisotopic (exact) mass is 415 g/mol. The van der Waals surface area contributed by atoms with E-state index in [2.05, 4.69) is 10.6 Å². The number of hydrogen-bond acceptors (Lipinski definition) is 5. The summed E-state index contributed by atoms with van der Waals surface area (Å²) in [6.45, 7) is 2.03. The van der Waals surface area contributed by atoms with E-state index in [4.69, 9.17) is 10.5 Å². The van der Waals surface area contributed by atoms with Crippen LogP contribution in [0.1, 0.15) is 31.1 Å². The second-order valence-electron chi connectivity index (χ2n) is 6.71. The van der Waals surface area contributed by atoms with Gasteiger partial charge in [0.1, 0.15) is 5.75 Å². The number of thiophene rings is 1. The Morgan fingerprint density at radius 2 is 1.97 bits per heavy atom. The molecule has 2 aromatic rings. The number of hydrogen-bond donors (Lipinski definition) is 3. The van der Waals surface area contributed by atoms with E-state index in [-0.39, 0.29) is 17.9 Å². The van der Waals surface area contributed by atoms with Crippen LogP contribution in [0.5, 0.6) is 5.75 Å². The third kappa shape index (κ3) is 8.09. The van der Waals surface area contributed by atoms with Gasteiger partial charge in [0, 0.05) is 22.7 Å². The highest BCUT2D eigenvalue weighted by Gasteiger charge is 2.16. The van der Waals surface area contributed by atoms with Crippen LogP contribution >= 0.6 is 11.3 Å². The van der Waals surface area contributed by atoms with E-state index in [1.54, 1.807) is 48.8 Å². The Bertz CT molecular complexity index is 788. The summed E-state index contributed by atoms with van der Waals surface area (Å²) >= 11 is 1.66. The van der Waals surface area contributed by atoms with Crippen molar-refractivity contribution >= 4 is 28.8 Å². The second-order valence-corrected chi connectivity index (χ2v) is 7.74. The lowest BCUT2D eigenvalue weighted by Gasteiger charge is -2.18. The van der Waals surface area contributed by atoms with Crippen molar-refractivity contribution in [2.45, 2.75) is 44.7 Å². The van der Waals surface area contributed by atoms with Crippen LogP contribution in [0.4, 0.5) is 5.69 Å². The molecule has 2 rings (SSSR count). The van der Waals surface area contributed by atoms with E-state index < -0.39 is 6.04 Å². The maximum absolute atomic E-state index is 12.4. The van der Waals surface area contributed by atoms with Crippen LogP contribution in [-0.4, -0.2) is 31.0 Å². The fraction of sp³-hybridized carbons (Fsp3) is 0.364. The van der Waals surface area contributed by atoms with Crippen LogP contribution in [-0.2, 0) is 16.0 Å². The molecule has 4 N–H and O–H groups in total. The molecule has 156 valence electrons. The first-order chi connectivity index (χ1) is 14.0. The number of amides is 2. The molecule has 0 saturated carbocycles. The Balaban J connectivity index is 1.84. The first-order valence-corrected chi connectivity index (χ1v) is 10.6. The van der Waals surface area contributed by atoms with Gasteiger partial charge in [-0.25, -0.2) is 0 Å². The molecule has 0 bridgehead atoms. The van der Waals surface area contributed by atoms with Gasteiger partial charge in [-0.05, 0) is 55.0 Å². The van der Waals surface area contributed by atoms with Gasteiger partial charge in [0.25, 0.3) is 0 Å². The van der Waals surface area contributed by atoms with Crippen molar-refractivity contribution in [3.8, 4) is 5.75 Å². The molecule has 0 spiro atoms. The summed E-state index contributed by atoms with van der Waals surface area (Å²) in [5, 5.41) is 7.74. The molecule has 1 aromatic heterocycles. The molecule has 0 saturated heterocycles. The first kappa shape index (κ1) is 22.6. The van der Waals surface area contributed by atoms with Crippen LogP contribution < -0.4 is 21.1 Å². The Morgan fingerprint density at radius 3 is 2.59 bits per heavy atom. The van der Waals surface area contributed by atoms with E-state index in [1.807, 2.05) is 24.4 Å². The van der Waals surface area contributed by atoms with Gasteiger partial charge in [-0.1, -0.05) is 25.5 Å². The SMILES string of the molecule is CCC[C@@H](/C=C/C(=O)Nc1ccc(OC)cc1)NC(=O)[C@@H](N)CCc1cccs1. The molecule has 2 atom stereocenters. The summed E-state index contributed by atoms with van der Waals surface area (Å²) in [5.74, 6) is 0.271. The zero-order chi connectivity index (χ0) is 21.1. The predicted molar refractivity (Wildman–Crippen MR) is 118 cm³/mol. The molecule has 0 unspecified atom stereocenters. The average molecular weight is 416 g/mol. The third-order valence-electron chi connectivity index (χ3n) is 4.38.